The molecule has 1 saturated heterocycles. The van der Waals surface area contributed by atoms with E-state index in [2.05, 4.69) is 46.6 Å². The molecule has 1 fully saturated rings. The fourth-order valence-electron chi connectivity index (χ4n) is 5.35. The number of urea groups is 1. The average molecular weight is 515 g/mol. The summed E-state index contributed by atoms with van der Waals surface area (Å²) in [5.74, 6) is 1.37. The van der Waals surface area contributed by atoms with Gasteiger partial charge in [-0.1, -0.05) is 23.4 Å². The normalized spacial score (nSPS) is 18.9. The summed E-state index contributed by atoms with van der Waals surface area (Å²) in [4.78, 5) is 21.8. The molecule has 0 bridgehead atoms. The van der Waals surface area contributed by atoms with Crippen LogP contribution in [0.1, 0.15) is 55.8 Å². The maximum absolute atomic E-state index is 13.1. The van der Waals surface area contributed by atoms with Crippen LogP contribution in [0, 0.1) is 11.3 Å². The zero-order valence-electron chi connectivity index (χ0n) is 22.4. The molecule has 0 spiro atoms. The first-order chi connectivity index (χ1) is 18.3. The topological polar surface area (TPSA) is 108 Å². The Morgan fingerprint density at radius 3 is 2.84 bits per heavy atom. The van der Waals surface area contributed by atoms with Gasteiger partial charge in [-0.3, -0.25) is 0 Å². The van der Waals surface area contributed by atoms with Crippen LogP contribution in [-0.2, 0) is 6.42 Å². The van der Waals surface area contributed by atoms with E-state index >= 15 is 0 Å². The number of hydrogen-bond donors (Lipinski definition) is 1. The maximum Gasteiger partial charge on any atom is 0.317 e. The Morgan fingerprint density at radius 1 is 1.26 bits per heavy atom. The summed E-state index contributed by atoms with van der Waals surface area (Å²) < 4.78 is 11.3. The molecule has 2 atom stereocenters. The van der Waals surface area contributed by atoms with Crippen molar-refractivity contribution in [3.63, 3.8) is 0 Å². The van der Waals surface area contributed by atoms with Crippen LogP contribution in [0.4, 0.5) is 4.79 Å². The Morgan fingerprint density at radius 2 is 2.11 bits per heavy atom. The Labute approximate surface area is 223 Å². The van der Waals surface area contributed by atoms with Crippen molar-refractivity contribution < 1.29 is 14.1 Å². The molecule has 5 rings (SSSR count). The number of nitrogens with one attached hydrogen (secondary N) is 1. The fourth-order valence-corrected chi connectivity index (χ4v) is 5.35. The summed E-state index contributed by atoms with van der Waals surface area (Å²) >= 11 is 0. The van der Waals surface area contributed by atoms with E-state index in [4.69, 9.17) is 9.26 Å². The summed E-state index contributed by atoms with van der Waals surface area (Å²) in [6, 6.07) is 13.9. The Balaban J connectivity index is 1.37. The molecule has 9 nitrogen and oxygen atoms in total. The van der Waals surface area contributed by atoms with Crippen LogP contribution in [0.5, 0.6) is 5.75 Å². The van der Waals surface area contributed by atoms with E-state index in [0.29, 0.717) is 34.6 Å². The lowest BCUT2D eigenvalue weighted by Gasteiger charge is -2.29. The molecule has 9 heteroatoms. The summed E-state index contributed by atoms with van der Waals surface area (Å²) in [5.41, 5.74) is 4.24. The van der Waals surface area contributed by atoms with Crippen molar-refractivity contribution in [2.45, 2.75) is 57.7 Å². The van der Waals surface area contributed by atoms with Crippen LogP contribution in [-0.4, -0.2) is 65.3 Å². The van der Waals surface area contributed by atoms with Crippen molar-refractivity contribution in [2.75, 3.05) is 27.2 Å². The quantitative estimate of drug-likeness (QED) is 0.504. The van der Waals surface area contributed by atoms with Crippen molar-refractivity contribution in [1.82, 2.24) is 25.3 Å². The zero-order chi connectivity index (χ0) is 26.8. The predicted molar refractivity (Wildman–Crippen MR) is 144 cm³/mol. The number of amides is 2. The number of aromatic nitrogens is 2. The van der Waals surface area contributed by atoms with Gasteiger partial charge in [0.2, 0.25) is 5.82 Å². The molecule has 1 aromatic heterocycles. The molecule has 198 valence electrons. The van der Waals surface area contributed by atoms with Crippen molar-refractivity contribution in [2.24, 2.45) is 0 Å². The molecule has 2 amide bonds. The smallest absolute Gasteiger partial charge is 0.317 e. The largest absolute Gasteiger partial charge is 0.490 e. The van der Waals surface area contributed by atoms with Crippen LogP contribution in [0.15, 0.2) is 40.9 Å². The van der Waals surface area contributed by atoms with Crippen molar-refractivity contribution in [1.29, 1.82) is 5.26 Å². The minimum absolute atomic E-state index is 0.00218. The van der Waals surface area contributed by atoms with Gasteiger partial charge < -0.3 is 24.4 Å². The molecule has 2 aliphatic rings. The molecule has 1 aliphatic heterocycles. The van der Waals surface area contributed by atoms with Crippen molar-refractivity contribution >= 4 is 6.03 Å². The second kappa shape index (κ2) is 10.8. The molecule has 1 N–H and O–H groups in total. The van der Waals surface area contributed by atoms with E-state index in [0.717, 1.165) is 55.5 Å². The van der Waals surface area contributed by atoms with E-state index in [1.165, 1.54) is 0 Å². The van der Waals surface area contributed by atoms with Gasteiger partial charge in [-0.2, -0.15) is 10.2 Å². The molecule has 1 unspecified atom stereocenters. The second-order valence-corrected chi connectivity index (χ2v) is 10.5. The lowest BCUT2D eigenvalue weighted by molar-refractivity contribution is 0.198. The van der Waals surface area contributed by atoms with Gasteiger partial charge in [-0.05, 0) is 83.0 Å². The molecule has 1 aliphatic carbocycles. The van der Waals surface area contributed by atoms with E-state index < -0.39 is 0 Å². The number of rotatable bonds is 6. The lowest BCUT2D eigenvalue weighted by atomic mass is 9.84. The first-order valence-corrected chi connectivity index (χ1v) is 13.2. The molecule has 2 heterocycles. The zero-order valence-corrected chi connectivity index (χ0v) is 22.4. The highest BCUT2D eigenvalue weighted by atomic mass is 16.5. The maximum atomic E-state index is 13.1. The number of carbonyl (C=O) groups excluding carboxylic acids is 1. The van der Waals surface area contributed by atoms with Crippen LogP contribution in [0.2, 0.25) is 0 Å². The monoisotopic (exact) mass is 514 g/mol. The second-order valence-electron chi connectivity index (χ2n) is 10.5. The van der Waals surface area contributed by atoms with Crippen LogP contribution in [0.25, 0.3) is 22.8 Å². The van der Waals surface area contributed by atoms with E-state index in [9.17, 15) is 10.1 Å². The average Bonchev–Trinajstić information content (AvgIpc) is 3.59. The Hall–Kier alpha value is -3.90. The van der Waals surface area contributed by atoms with E-state index in [1.54, 1.807) is 12.1 Å². The lowest BCUT2D eigenvalue weighted by Crippen LogP contribution is -2.42. The Kier molecular flexibility index (Phi) is 7.34. The van der Waals surface area contributed by atoms with Gasteiger partial charge in [-0.15, -0.1) is 0 Å². The number of nitrogens with zero attached hydrogens (tertiary/aromatic N) is 5. The number of ether oxygens (including phenoxy) is 1. The number of fused-ring (bicyclic) bond motifs is 1. The van der Waals surface area contributed by atoms with Crippen molar-refractivity contribution in [3.05, 3.63) is 53.1 Å². The van der Waals surface area contributed by atoms with Gasteiger partial charge in [0.05, 0.1) is 17.7 Å². The van der Waals surface area contributed by atoms with Crippen LogP contribution < -0.4 is 10.1 Å². The molecule has 0 saturated carbocycles. The van der Waals surface area contributed by atoms with Crippen LogP contribution in [0.3, 0.4) is 0 Å². The SMILES string of the molecule is CC(C)Oc1ccc(-c2nc(-c3cccc4c3CCC[C@H]4NC(=O)N3CCC(N(C)C)C3)no2)cc1C#N. The molecule has 38 heavy (non-hydrogen) atoms. The predicted octanol–water partition coefficient (Wildman–Crippen LogP) is 4.79. The molecule has 0 radical (unpaired) electrons. The number of carbonyl (C=O) groups is 1. The van der Waals surface area contributed by atoms with Gasteiger partial charge in [-0.25, -0.2) is 4.79 Å². The summed E-state index contributed by atoms with van der Waals surface area (Å²) in [5, 5.41) is 17.1. The summed E-state index contributed by atoms with van der Waals surface area (Å²) in [7, 11) is 4.13. The number of likely N-dealkylation sites (tertiary alicyclic amines) is 1. The third-order valence-corrected chi connectivity index (χ3v) is 7.36. The number of likely N-dealkylation sites (N-methyl/N-ethyl adjacent to an activating group) is 1. The third-order valence-electron chi connectivity index (χ3n) is 7.36. The van der Waals surface area contributed by atoms with E-state index in [-0.39, 0.29) is 18.2 Å². The highest BCUT2D eigenvalue weighted by molar-refractivity contribution is 5.76. The standard InChI is InChI=1S/C29H34N6O3/c1-18(2)37-26-12-11-19(15-20(26)16-30)28-32-27(33-38-28)24-9-5-8-23-22(24)7-6-10-25(23)31-29(36)35-14-13-21(17-35)34(3)4/h5,8-9,11-12,15,18,21,25H,6-7,10,13-14,17H2,1-4H3,(H,31,36)/t21?,25-/m1/s1. The summed E-state index contributed by atoms with van der Waals surface area (Å²) in [6.07, 6.45) is 3.70. The summed E-state index contributed by atoms with van der Waals surface area (Å²) in [6.45, 7) is 5.37. The highest BCUT2D eigenvalue weighted by Gasteiger charge is 2.31. The van der Waals surface area contributed by atoms with Gasteiger partial charge >= 0.3 is 6.03 Å². The number of nitriles is 1. The number of benzene rings is 2. The first-order valence-electron chi connectivity index (χ1n) is 13.2. The van der Waals surface area contributed by atoms with Gasteiger partial charge in [0.1, 0.15) is 11.8 Å². The van der Waals surface area contributed by atoms with Gasteiger partial charge in [0.25, 0.3) is 5.89 Å². The number of hydrogen-bond acceptors (Lipinski definition) is 7. The van der Waals surface area contributed by atoms with Crippen molar-refractivity contribution in [3.8, 4) is 34.7 Å². The van der Waals surface area contributed by atoms with Crippen LogP contribution >= 0.6 is 0 Å². The first kappa shape index (κ1) is 25.7. The minimum atomic E-state index is -0.0531. The minimum Gasteiger partial charge on any atom is -0.490 e. The molecule has 3 aromatic rings. The van der Waals surface area contributed by atoms with Gasteiger partial charge in [0, 0.05) is 30.3 Å². The van der Waals surface area contributed by atoms with Gasteiger partial charge in [0.15, 0.2) is 0 Å². The molecular weight excluding hydrogens is 480 g/mol. The molecular formula is C29H34N6O3. The molecule has 2 aromatic carbocycles. The van der Waals surface area contributed by atoms with E-state index in [1.807, 2.05) is 36.9 Å². The third kappa shape index (κ3) is 5.22. The fraction of sp³-hybridized carbons (Fsp3) is 0.448. The Bertz CT molecular complexity index is 1360. The highest BCUT2D eigenvalue weighted by Crippen LogP contribution is 2.36.